The number of nitrogens with zero attached hydrogens (tertiary/aromatic N) is 1. The second-order valence-corrected chi connectivity index (χ2v) is 4.92. The van der Waals surface area contributed by atoms with E-state index in [0.717, 1.165) is 12.1 Å². The van der Waals surface area contributed by atoms with Crippen LogP contribution in [0.2, 0.25) is 0 Å². The number of H-pyrrole nitrogens is 1. The monoisotopic (exact) mass is 322 g/mol. The summed E-state index contributed by atoms with van der Waals surface area (Å²) in [5, 5.41) is 7.00. The molecule has 0 bridgehead atoms. The molecule has 0 amide bonds. The third-order valence-electron chi connectivity index (χ3n) is 3.58. The van der Waals surface area contributed by atoms with Gasteiger partial charge in [0.25, 0.3) is 0 Å². The number of benzene rings is 2. The van der Waals surface area contributed by atoms with Crippen LogP contribution in [-0.4, -0.2) is 24.4 Å². The number of alkyl halides is 3. The maximum atomic E-state index is 13.2. The van der Waals surface area contributed by atoms with Crippen molar-refractivity contribution in [3.8, 4) is 22.6 Å². The second-order valence-electron chi connectivity index (χ2n) is 4.92. The lowest BCUT2D eigenvalue weighted by molar-refractivity contribution is -0.137. The molecule has 3 rings (SSSR count). The Bertz CT molecular complexity index is 856. The summed E-state index contributed by atoms with van der Waals surface area (Å²) in [4.78, 5) is 0. The molecule has 2 aromatic carbocycles. The number of methoxy groups -OCH3 is 2. The van der Waals surface area contributed by atoms with Crippen molar-refractivity contribution < 1.29 is 22.6 Å². The molecule has 0 fully saturated rings. The van der Waals surface area contributed by atoms with E-state index in [1.54, 1.807) is 18.2 Å². The standard InChI is InChI=1S/C16H13F3N2O2/c1-22-10-3-4-15(23-2)12(7-10)11-5-9(16(17,18)19)6-14-13(11)8-20-21-14/h3-8H,1-2H3,(H,20,21). The van der Waals surface area contributed by atoms with Crippen LogP contribution >= 0.6 is 0 Å². The van der Waals surface area contributed by atoms with Crippen molar-refractivity contribution in [2.75, 3.05) is 14.2 Å². The third kappa shape index (κ3) is 2.69. The van der Waals surface area contributed by atoms with Gasteiger partial charge in [-0.1, -0.05) is 0 Å². The molecule has 120 valence electrons. The normalized spacial score (nSPS) is 11.7. The summed E-state index contributed by atoms with van der Waals surface area (Å²) in [5.74, 6) is 0.975. The van der Waals surface area contributed by atoms with E-state index in [-0.39, 0.29) is 0 Å². The molecule has 4 nitrogen and oxygen atoms in total. The molecule has 0 radical (unpaired) electrons. The first-order chi connectivity index (χ1) is 10.9. The SMILES string of the molecule is COc1ccc(OC)c(-c2cc(C(F)(F)F)cc3[nH]ncc23)c1. The average molecular weight is 322 g/mol. The summed E-state index contributed by atoms with van der Waals surface area (Å²) in [6.07, 6.45) is -2.97. The molecule has 1 heterocycles. The molecule has 23 heavy (non-hydrogen) atoms. The molecule has 0 aliphatic rings. The Balaban J connectivity index is 2.33. The van der Waals surface area contributed by atoms with E-state index >= 15 is 0 Å². The maximum Gasteiger partial charge on any atom is 0.416 e. The minimum Gasteiger partial charge on any atom is -0.497 e. The fraction of sp³-hybridized carbons (Fsp3) is 0.188. The number of fused-ring (bicyclic) bond motifs is 1. The van der Waals surface area contributed by atoms with Crippen LogP contribution in [0.25, 0.3) is 22.0 Å². The molecule has 0 unspecified atom stereocenters. The van der Waals surface area contributed by atoms with Crippen LogP contribution in [-0.2, 0) is 6.18 Å². The van der Waals surface area contributed by atoms with Crippen molar-refractivity contribution >= 4 is 10.9 Å². The molecular formula is C16H13F3N2O2. The highest BCUT2D eigenvalue weighted by molar-refractivity contribution is 5.96. The Morgan fingerprint density at radius 1 is 1.00 bits per heavy atom. The van der Waals surface area contributed by atoms with E-state index in [1.165, 1.54) is 20.4 Å². The van der Waals surface area contributed by atoms with Crippen molar-refractivity contribution in [1.82, 2.24) is 10.2 Å². The predicted octanol–water partition coefficient (Wildman–Crippen LogP) is 4.27. The van der Waals surface area contributed by atoms with Gasteiger partial charge in [0, 0.05) is 10.9 Å². The van der Waals surface area contributed by atoms with Gasteiger partial charge < -0.3 is 9.47 Å². The quantitative estimate of drug-likeness (QED) is 0.783. The average Bonchev–Trinajstić information content (AvgIpc) is 3.01. The van der Waals surface area contributed by atoms with Gasteiger partial charge in [-0.15, -0.1) is 0 Å². The Labute approximate surface area is 129 Å². The van der Waals surface area contributed by atoms with Gasteiger partial charge in [0.15, 0.2) is 0 Å². The van der Waals surface area contributed by atoms with E-state index in [2.05, 4.69) is 10.2 Å². The van der Waals surface area contributed by atoms with Crippen molar-refractivity contribution in [1.29, 1.82) is 0 Å². The minimum absolute atomic E-state index is 0.305. The lowest BCUT2D eigenvalue weighted by atomic mass is 9.98. The first-order valence-electron chi connectivity index (χ1n) is 6.70. The van der Waals surface area contributed by atoms with Crippen LogP contribution < -0.4 is 9.47 Å². The molecular weight excluding hydrogens is 309 g/mol. The summed E-state index contributed by atoms with van der Waals surface area (Å²) < 4.78 is 49.9. The fourth-order valence-electron chi connectivity index (χ4n) is 2.46. The summed E-state index contributed by atoms with van der Waals surface area (Å²) in [6, 6.07) is 7.11. The summed E-state index contributed by atoms with van der Waals surface area (Å²) in [7, 11) is 2.96. The van der Waals surface area contributed by atoms with E-state index < -0.39 is 11.7 Å². The second kappa shape index (κ2) is 5.49. The van der Waals surface area contributed by atoms with Gasteiger partial charge in [-0.2, -0.15) is 18.3 Å². The number of rotatable bonds is 3. The molecule has 1 aromatic heterocycles. The maximum absolute atomic E-state index is 13.2. The van der Waals surface area contributed by atoms with Gasteiger partial charge in [0.1, 0.15) is 11.5 Å². The van der Waals surface area contributed by atoms with E-state index in [4.69, 9.17) is 9.47 Å². The summed E-state index contributed by atoms with van der Waals surface area (Å²) in [5.41, 5.74) is 0.428. The largest absolute Gasteiger partial charge is 0.497 e. The molecule has 7 heteroatoms. The molecule has 0 aliphatic heterocycles. The molecule has 3 aromatic rings. The first-order valence-corrected chi connectivity index (χ1v) is 6.70. The highest BCUT2D eigenvalue weighted by Crippen LogP contribution is 2.40. The predicted molar refractivity (Wildman–Crippen MR) is 79.6 cm³/mol. The van der Waals surface area contributed by atoms with E-state index in [9.17, 15) is 13.2 Å². The Morgan fingerprint density at radius 3 is 2.43 bits per heavy atom. The topological polar surface area (TPSA) is 47.1 Å². The smallest absolute Gasteiger partial charge is 0.416 e. The highest BCUT2D eigenvalue weighted by Gasteiger charge is 2.32. The van der Waals surface area contributed by atoms with Crippen molar-refractivity contribution in [2.24, 2.45) is 0 Å². The van der Waals surface area contributed by atoms with Gasteiger partial charge in [-0.3, -0.25) is 5.10 Å². The Hall–Kier alpha value is -2.70. The van der Waals surface area contributed by atoms with Crippen LogP contribution in [0.5, 0.6) is 11.5 Å². The molecule has 0 saturated heterocycles. The van der Waals surface area contributed by atoms with E-state index in [0.29, 0.717) is 33.5 Å². The van der Waals surface area contributed by atoms with Crippen LogP contribution in [0.4, 0.5) is 13.2 Å². The van der Waals surface area contributed by atoms with Crippen LogP contribution in [0, 0.1) is 0 Å². The number of aromatic nitrogens is 2. The third-order valence-corrected chi connectivity index (χ3v) is 3.58. The zero-order valence-corrected chi connectivity index (χ0v) is 12.4. The number of ether oxygens (including phenoxy) is 2. The number of hydrogen-bond acceptors (Lipinski definition) is 3. The van der Waals surface area contributed by atoms with E-state index in [1.807, 2.05) is 0 Å². The van der Waals surface area contributed by atoms with Gasteiger partial charge in [-0.25, -0.2) is 0 Å². The summed E-state index contributed by atoms with van der Waals surface area (Å²) >= 11 is 0. The molecule has 0 aliphatic carbocycles. The Kier molecular flexibility index (Phi) is 3.63. The zero-order chi connectivity index (χ0) is 16.6. The minimum atomic E-state index is -4.46. The molecule has 0 saturated carbocycles. The number of aromatic amines is 1. The lowest BCUT2D eigenvalue weighted by Gasteiger charge is -2.14. The van der Waals surface area contributed by atoms with Crippen LogP contribution in [0.15, 0.2) is 36.5 Å². The van der Waals surface area contributed by atoms with Gasteiger partial charge >= 0.3 is 6.18 Å². The fourth-order valence-corrected chi connectivity index (χ4v) is 2.46. The lowest BCUT2D eigenvalue weighted by Crippen LogP contribution is -2.05. The summed E-state index contributed by atoms with van der Waals surface area (Å²) in [6.45, 7) is 0. The van der Waals surface area contributed by atoms with Crippen molar-refractivity contribution in [2.45, 2.75) is 6.18 Å². The van der Waals surface area contributed by atoms with Crippen molar-refractivity contribution in [3.63, 3.8) is 0 Å². The van der Waals surface area contributed by atoms with Gasteiger partial charge in [0.05, 0.1) is 31.5 Å². The van der Waals surface area contributed by atoms with Gasteiger partial charge in [-0.05, 0) is 35.9 Å². The van der Waals surface area contributed by atoms with Crippen LogP contribution in [0.1, 0.15) is 5.56 Å². The van der Waals surface area contributed by atoms with Crippen molar-refractivity contribution in [3.05, 3.63) is 42.1 Å². The number of hydrogen-bond donors (Lipinski definition) is 1. The number of nitrogens with one attached hydrogen (secondary N) is 1. The molecule has 1 N–H and O–H groups in total. The van der Waals surface area contributed by atoms with Gasteiger partial charge in [0.2, 0.25) is 0 Å². The zero-order valence-electron chi connectivity index (χ0n) is 12.4. The number of halogens is 3. The highest BCUT2D eigenvalue weighted by atomic mass is 19.4. The van der Waals surface area contributed by atoms with Crippen LogP contribution in [0.3, 0.4) is 0 Å². The Morgan fingerprint density at radius 2 is 1.78 bits per heavy atom. The first kappa shape index (κ1) is 15.2. The molecule has 0 atom stereocenters. The molecule has 0 spiro atoms.